The van der Waals surface area contributed by atoms with Crippen LogP contribution in [0.15, 0.2) is 61.1 Å². The Morgan fingerprint density at radius 1 is 1.04 bits per heavy atom. The molecule has 1 fully saturated rings. The van der Waals surface area contributed by atoms with E-state index in [0.29, 0.717) is 40.6 Å². The smallest absolute Gasteiger partial charge is 0.496 e. The Hall–Kier alpha value is -4.85. The monoisotopic (exact) mass is 634 g/mol. The fraction of sp³-hybridized carbons (Fsp3) is 0.290. The Morgan fingerprint density at radius 3 is 2.60 bits per heavy atom. The van der Waals surface area contributed by atoms with Crippen molar-refractivity contribution in [1.29, 1.82) is 0 Å². The normalized spacial score (nSPS) is 18.7. The van der Waals surface area contributed by atoms with Gasteiger partial charge in [-0.3, -0.25) is 9.97 Å². The summed E-state index contributed by atoms with van der Waals surface area (Å²) in [6.07, 6.45) is 2.53. The highest BCUT2D eigenvalue weighted by molar-refractivity contribution is 7.90. The lowest BCUT2D eigenvalue weighted by atomic mass is 9.91. The summed E-state index contributed by atoms with van der Waals surface area (Å²) in [4.78, 5) is 16.0. The molecule has 2 aliphatic heterocycles. The maximum atomic E-state index is 13.8. The van der Waals surface area contributed by atoms with Crippen molar-refractivity contribution in [1.82, 2.24) is 24.7 Å². The number of sulfone groups is 1. The summed E-state index contributed by atoms with van der Waals surface area (Å²) < 4.78 is 68.1. The highest BCUT2D eigenvalue weighted by Gasteiger charge is 2.43. The number of alkyl halides is 2. The number of fused-ring (bicyclic) bond motifs is 2. The summed E-state index contributed by atoms with van der Waals surface area (Å²) in [7, 11) is -1.57. The summed E-state index contributed by atoms with van der Waals surface area (Å²) >= 11 is 0. The standard InChI is InChI=1S/C31H28F2N6O5S/c1-17-22-14-35-39(26(22)12-25(36-17)23-13-34-8-7-27(23)42-3)30-11-21(38-15-20(18(38)2)16-45(4,40)41)10-24(37-30)19-5-6-28-29(9-19)44-31(32,33)43-28/h5-14,18,20H,15-16H2,1-4H3/t18-,20-/m1/s1. The van der Waals surface area contributed by atoms with Crippen LogP contribution in [-0.4, -0.2) is 71.1 Å². The molecule has 0 unspecified atom stereocenters. The average molecular weight is 635 g/mol. The van der Waals surface area contributed by atoms with Gasteiger partial charge in [0.05, 0.1) is 41.5 Å². The second-order valence-corrected chi connectivity index (χ2v) is 13.5. The molecule has 0 radical (unpaired) electrons. The van der Waals surface area contributed by atoms with Gasteiger partial charge in [0.15, 0.2) is 17.3 Å². The first-order valence-corrected chi connectivity index (χ1v) is 16.2. The van der Waals surface area contributed by atoms with Gasteiger partial charge >= 0.3 is 6.29 Å². The van der Waals surface area contributed by atoms with Gasteiger partial charge in [-0.05, 0) is 50.2 Å². The van der Waals surface area contributed by atoms with Crippen molar-refractivity contribution >= 4 is 26.4 Å². The fourth-order valence-corrected chi connectivity index (χ4v) is 7.05. The molecule has 0 amide bonds. The molecule has 0 spiro atoms. The SMILES string of the molecule is COc1ccncc1-c1cc2c(cnn2-c2cc(N3C[C@H](CS(C)(=O)=O)[C@H]3C)cc(-c3ccc4c(c3)OC(F)(F)O4)n2)c(C)n1. The van der Waals surface area contributed by atoms with E-state index in [0.717, 1.165) is 22.3 Å². The Balaban J connectivity index is 1.36. The van der Waals surface area contributed by atoms with Crippen LogP contribution in [-0.2, 0) is 9.84 Å². The largest absolute Gasteiger partial charge is 0.586 e. The van der Waals surface area contributed by atoms with Crippen molar-refractivity contribution in [3.63, 3.8) is 0 Å². The predicted octanol–water partition coefficient (Wildman–Crippen LogP) is 5.05. The molecule has 14 heteroatoms. The van der Waals surface area contributed by atoms with Crippen LogP contribution in [0.3, 0.4) is 0 Å². The van der Waals surface area contributed by atoms with Crippen molar-refractivity contribution in [3.05, 3.63) is 66.7 Å². The molecule has 6 heterocycles. The van der Waals surface area contributed by atoms with E-state index in [1.165, 1.54) is 18.4 Å². The third kappa shape index (κ3) is 5.28. The molecule has 45 heavy (non-hydrogen) atoms. The molecule has 7 rings (SSSR count). The van der Waals surface area contributed by atoms with E-state index >= 15 is 0 Å². The lowest BCUT2D eigenvalue weighted by Crippen LogP contribution is -2.57. The molecule has 1 aromatic carbocycles. The number of aromatic nitrogens is 5. The first-order chi connectivity index (χ1) is 21.4. The number of methoxy groups -OCH3 is 1. The summed E-state index contributed by atoms with van der Waals surface area (Å²) in [5.41, 5.74) is 4.60. The van der Waals surface area contributed by atoms with E-state index in [2.05, 4.69) is 19.7 Å². The number of hydrogen-bond acceptors (Lipinski definition) is 10. The van der Waals surface area contributed by atoms with Crippen LogP contribution in [0.25, 0.3) is 39.2 Å². The number of rotatable bonds is 7. The average Bonchev–Trinajstić information content (AvgIpc) is 3.57. The first kappa shape index (κ1) is 28.9. The zero-order chi connectivity index (χ0) is 31.7. The predicted molar refractivity (Wildman–Crippen MR) is 163 cm³/mol. The Bertz CT molecular complexity index is 2090. The minimum absolute atomic E-state index is 0.0379. The Morgan fingerprint density at radius 2 is 1.84 bits per heavy atom. The van der Waals surface area contributed by atoms with Gasteiger partial charge < -0.3 is 19.1 Å². The lowest BCUT2D eigenvalue weighted by Gasteiger charge is -2.48. The van der Waals surface area contributed by atoms with Gasteiger partial charge in [0.1, 0.15) is 15.6 Å². The van der Waals surface area contributed by atoms with Crippen LogP contribution >= 0.6 is 0 Å². The van der Waals surface area contributed by atoms with Gasteiger partial charge in [-0.2, -0.15) is 5.10 Å². The molecule has 232 valence electrons. The maximum absolute atomic E-state index is 13.8. The molecule has 0 aliphatic carbocycles. The number of ether oxygens (including phenoxy) is 3. The molecule has 0 bridgehead atoms. The van der Waals surface area contributed by atoms with E-state index in [4.69, 9.17) is 19.4 Å². The lowest BCUT2D eigenvalue weighted by molar-refractivity contribution is -0.286. The number of hydrogen-bond donors (Lipinski definition) is 0. The molecular weight excluding hydrogens is 606 g/mol. The quantitative estimate of drug-likeness (QED) is 0.240. The number of aryl methyl sites for hydroxylation is 1. The van der Waals surface area contributed by atoms with Crippen LogP contribution in [0.1, 0.15) is 12.6 Å². The van der Waals surface area contributed by atoms with Crippen LogP contribution in [0.4, 0.5) is 14.5 Å². The van der Waals surface area contributed by atoms with Crippen molar-refractivity contribution in [2.24, 2.45) is 5.92 Å². The van der Waals surface area contributed by atoms with E-state index in [-0.39, 0.29) is 29.2 Å². The molecule has 4 aromatic heterocycles. The minimum Gasteiger partial charge on any atom is -0.496 e. The highest BCUT2D eigenvalue weighted by Crippen LogP contribution is 2.44. The van der Waals surface area contributed by atoms with Gasteiger partial charge in [-0.1, -0.05) is 0 Å². The maximum Gasteiger partial charge on any atom is 0.586 e. The molecule has 0 saturated carbocycles. The van der Waals surface area contributed by atoms with E-state index in [1.54, 1.807) is 42.5 Å². The minimum atomic E-state index is -3.75. The molecule has 0 N–H and O–H groups in total. The van der Waals surface area contributed by atoms with Crippen molar-refractivity contribution < 1.29 is 31.4 Å². The van der Waals surface area contributed by atoms with Crippen LogP contribution < -0.4 is 19.1 Å². The van der Waals surface area contributed by atoms with Gasteiger partial charge in [-0.25, -0.2) is 18.1 Å². The van der Waals surface area contributed by atoms with Gasteiger partial charge in [0, 0.05) is 65.6 Å². The number of anilines is 1. The highest BCUT2D eigenvalue weighted by atomic mass is 32.2. The second-order valence-electron chi connectivity index (χ2n) is 11.3. The van der Waals surface area contributed by atoms with Gasteiger partial charge in [0.2, 0.25) is 0 Å². The van der Waals surface area contributed by atoms with Gasteiger partial charge in [0.25, 0.3) is 0 Å². The molecule has 1 saturated heterocycles. The van der Waals surface area contributed by atoms with E-state index in [9.17, 15) is 17.2 Å². The summed E-state index contributed by atoms with van der Waals surface area (Å²) in [6.45, 7) is 4.40. The number of halogens is 2. The molecular formula is C31H28F2N6O5S. The van der Waals surface area contributed by atoms with E-state index in [1.807, 2.05) is 32.0 Å². The van der Waals surface area contributed by atoms with Crippen LogP contribution in [0.2, 0.25) is 0 Å². The van der Waals surface area contributed by atoms with Gasteiger partial charge in [-0.15, -0.1) is 8.78 Å². The Labute approximate surface area is 257 Å². The zero-order valence-corrected chi connectivity index (χ0v) is 25.5. The second kappa shape index (κ2) is 10.4. The van der Waals surface area contributed by atoms with Crippen LogP contribution in [0.5, 0.6) is 17.2 Å². The summed E-state index contributed by atoms with van der Waals surface area (Å²) in [5.74, 6) is 0.965. The number of nitrogens with zero attached hydrogens (tertiary/aromatic N) is 6. The zero-order valence-electron chi connectivity index (χ0n) is 24.7. The van der Waals surface area contributed by atoms with E-state index < -0.39 is 16.1 Å². The third-order valence-electron chi connectivity index (χ3n) is 8.20. The molecule has 2 atom stereocenters. The molecule has 11 nitrogen and oxygen atoms in total. The first-order valence-electron chi connectivity index (χ1n) is 14.1. The van der Waals surface area contributed by atoms with Crippen molar-refractivity contribution in [2.45, 2.75) is 26.2 Å². The van der Waals surface area contributed by atoms with Crippen molar-refractivity contribution in [2.75, 3.05) is 30.6 Å². The fourth-order valence-electron chi connectivity index (χ4n) is 5.89. The third-order valence-corrected chi connectivity index (χ3v) is 9.23. The molecule has 2 aliphatic rings. The Kier molecular flexibility index (Phi) is 6.65. The van der Waals surface area contributed by atoms with Crippen molar-refractivity contribution in [3.8, 4) is 45.6 Å². The summed E-state index contributed by atoms with van der Waals surface area (Å²) in [6, 6.07) is 11.8. The molecule has 5 aromatic rings. The summed E-state index contributed by atoms with van der Waals surface area (Å²) in [5, 5.41) is 5.48. The topological polar surface area (TPSA) is 122 Å². The van der Waals surface area contributed by atoms with Crippen LogP contribution in [0, 0.1) is 12.8 Å². The number of benzene rings is 1. The number of pyridine rings is 3.